The molecule has 37 heavy (non-hydrogen) atoms. The fourth-order valence-corrected chi connectivity index (χ4v) is 4.43. The number of nitrogens with zero attached hydrogens (tertiary/aromatic N) is 2. The minimum atomic E-state index is 0.402. The molecule has 0 aliphatic carbocycles. The van der Waals surface area contributed by atoms with E-state index in [1.807, 2.05) is 97.1 Å². The summed E-state index contributed by atoms with van der Waals surface area (Å²) in [7, 11) is 0. The molecular weight excluding hydrogens is 480 g/mol. The zero-order valence-electron chi connectivity index (χ0n) is 19.7. The Morgan fingerprint density at radius 2 is 1.38 bits per heavy atom. The van der Waals surface area contributed by atoms with Gasteiger partial charge in [-0.2, -0.15) is 5.10 Å². The van der Waals surface area contributed by atoms with Gasteiger partial charge in [0.1, 0.15) is 11.2 Å². The molecule has 4 aromatic carbocycles. The van der Waals surface area contributed by atoms with E-state index in [0.29, 0.717) is 16.2 Å². The molecular formula is C32H21ClN2O2. The van der Waals surface area contributed by atoms with Crippen LogP contribution in [0.25, 0.3) is 50.3 Å². The first kappa shape index (κ1) is 22.8. The van der Waals surface area contributed by atoms with Crippen LogP contribution in [0, 0.1) is 0 Å². The maximum absolute atomic E-state index is 6.15. The predicted molar refractivity (Wildman–Crippen MR) is 151 cm³/mol. The summed E-state index contributed by atoms with van der Waals surface area (Å²) in [6.45, 7) is 0. The van der Waals surface area contributed by atoms with E-state index in [2.05, 4.69) is 28.4 Å². The van der Waals surface area contributed by atoms with Gasteiger partial charge >= 0.3 is 0 Å². The standard InChI is InChI=1S/C32H21ClN2O2/c33-25-15-13-24(14-16-25)29-21-36-30-20-31-27(18-28(29)30)26(23-11-5-2-6-12-23)19-32(37-31)35-34-17-7-10-22-8-3-1-4-9-22/h1-21H. The molecule has 4 nitrogen and oxygen atoms in total. The van der Waals surface area contributed by atoms with E-state index < -0.39 is 0 Å². The van der Waals surface area contributed by atoms with Crippen LogP contribution in [0.2, 0.25) is 5.02 Å². The highest BCUT2D eigenvalue weighted by molar-refractivity contribution is 6.30. The van der Waals surface area contributed by atoms with Crippen LogP contribution in [-0.4, -0.2) is 6.21 Å². The third-order valence-electron chi connectivity index (χ3n) is 6.09. The Kier molecular flexibility index (Phi) is 6.24. The topological polar surface area (TPSA) is 51.0 Å². The van der Waals surface area contributed by atoms with Crippen LogP contribution in [0.15, 0.2) is 135 Å². The van der Waals surface area contributed by atoms with Crippen LogP contribution in [0.4, 0.5) is 0 Å². The maximum Gasteiger partial charge on any atom is 0.239 e. The summed E-state index contributed by atoms with van der Waals surface area (Å²) in [6.07, 6.45) is 7.23. The summed E-state index contributed by atoms with van der Waals surface area (Å²) >= 11 is 6.10. The van der Waals surface area contributed by atoms with Gasteiger partial charge in [-0.3, -0.25) is 0 Å². The second kappa shape index (κ2) is 10.1. The number of fused-ring (bicyclic) bond motifs is 2. The number of hydrogen-bond acceptors (Lipinski definition) is 4. The molecule has 0 fully saturated rings. The van der Waals surface area contributed by atoms with E-state index >= 15 is 0 Å². The monoisotopic (exact) mass is 500 g/mol. The van der Waals surface area contributed by atoms with Gasteiger partial charge < -0.3 is 8.83 Å². The number of benzene rings is 4. The molecule has 0 N–H and O–H groups in total. The fraction of sp³-hybridized carbons (Fsp3) is 0. The van der Waals surface area contributed by atoms with Crippen molar-refractivity contribution < 1.29 is 8.83 Å². The average Bonchev–Trinajstić information content (AvgIpc) is 3.35. The molecule has 0 aliphatic rings. The first-order valence-corrected chi connectivity index (χ1v) is 12.2. The molecule has 0 aliphatic heterocycles. The maximum atomic E-state index is 6.15. The molecule has 0 unspecified atom stereocenters. The molecule has 2 aromatic heterocycles. The van der Waals surface area contributed by atoms with Crippen molar-refractivity contribution in [1.82, 2.24) is 0 Å². The van der Waals surface area contributed by atoms with Gasteiger partial charge in [0.05, 0.1) is 6.26 Å². The van der Waals surface area contributed by atoms with E-state index in [9.17, 15) is 0 Å². The largest absolute Gasteiger partial charge is 0.464 e. The van der Waals surface area contributed by atoms with E-state index in [1.165, 1.54) is 0 Å². The molecule has 6 rings (SSSR count). The Hall–Kier alpha value is -4.67. The quantitative estimate of drug-likeness (QED) is 0.175. The number of furan rings is 1. The lowest BCUT2D eigenvalue weighted by Gasteiger charge is -2.07. The van der Waals surface area contributed by atoms with Gasteiger partial charge in [0.25, 0.3) is 0 Å². The Labute approximate surface area is 218 Å². The molecule has 0 saturated carbocycles. The van der Waals surface area contributed by atoms with Crippen molar-refractivity contribution in [3.63, 3.8) is 0 Å². The van der Waals surface area contributed by atoms with Gasteiger partial charge in [-0.1, -0.05) is 90.5 Å². The van der Waals surface area contributed by atoms with Crippen molar-refractivity contribution >= 4 is 45.8 Å². The number of halogens is 1. The van der Waals surface area contributed by atoms with Crippen LogP contribution in [0.1, 0.15) is 5.56 Å². The predicted octanol–water partition coefficient (Wildman–Crippen LogP) is 8.77. The van der Waals surface area contributed by atoms with Gasteiger partial charge in [0.15, 0.2) is 0 Å². The van der Waals surface area contributed by atoms with Crippen LogP contribution in [0.5, 0.6) is 0 Å². The summed E-state index contributed by atoms with van der Waals surface area (Å²) in [4.78, 5) is 0. The normalized spacial score (nSPS) is 12.4. The molecule has 0 saturated heterocycles. The van der Waals surface area contributed by atoms with Gasteiger partial charge in [0.2, 0.25) is 5.55 Å². The molecule has 0 spiro atoms. The molecule has 5 heteroatoms. The van der Waals surface area contributed by atoms with Crippen LogP contribution in [0.3, 0.4) is 0 Å². The van der Waals surface area contributed by atoms with Crippen molar-refractivity contribution in [2.75, 3.05) is 0 Å². The third-order valence-corrected chi connectivity index (χ3v) is 6.34. The second-order valence-electron chi connectivity index (χ2n) is 8.50. The van der Waals surface area contributed by atoms with Crippen molar-refractivity contribution in [3.8, 4) is 22.3 Å². The minimum Gasteiger partial charge on any atom is -0.464 e. The molecule has 0 radical (unpaired) electrons. The van der Waals surface area contributed by atoms with Crippen molar-refractivity contribution in [2.24, 2.45) is 10.2 Å². The van der Waals surface area contributed by atoms with Gasteiger partial charge in [-0.15, -0.1) is 5.10 Å². The Morgan fingerprint density at radius 3 is 2.16 bits per heavy atom. The number of allylic oxidation sites excluding steroid dienone is 1. The Bertz CT molecular complexity index is 1810. The van der Waals surface area contributed by atoms with E-state index in [-0.39, 0.29) is 0 Å². The fourth-order valence-electron chi connectivity index (χ4n) is 4.30. The minimum absolute atomic E-state index is 0.402. The first-order valence-electron chi connectivity index (χ1n) is 11.8. The van der Waals surface area contributed by atoms with Crippen molar-refractivity contribution in [1.29, 1.82) is 0 Å². The number of rotatable bonds is 5. The highest BCUT2D eigenvalue weighted by Crippen LogP contribution is 2.36. The molecule has 178 valence electrons. The lowest BCUT2D eigenvalue weighted by molar-refractivity contribution is 0.537. The Morgan fingerprint density at radius 1 is 0.676 bits per heavy atom. The summed E-state index contributed by atoms with van der Waals surface area (Å²) in [5, 5.41) is 11.2. The summed E-state index contributed by atoms with van der Waals surface area (Å²) in [5.41, 5.74) is 6.98. The SMILES string of the molecule is Clc1ccc(-c2coc3cc4oc(=NN=CC=Cc5ccccc5)cc(-c5ccccc5)c4cc23)cc1. The lowest BCUT2D eigenvalue weighted by Crippen LogP contribution is -2.01. The molecule has 0 amide bonds. The van der Waals surface area contributed by atoms with Gasteiger partial charge in [-0.05, 0) is 46.5 Å². The first-order chi connectivity index (χ1) is 18.2. The van der Waals surface area contributed by atoms with Crippen molar-refractivity contribution in [3.05, 3.63) is 132 Å². The zero-order valence-corrected chi connectivity index (χ0v) is 20.5. The van der Waals surface area contributed by atoms with Crippen molar-refractivity contribution in [2.45, 2.75) is 0 Å². The molecule has 2 heterocycles. The van der Waals surface area contributed by atoms with Crippen LogP contribution < -0.4 is 5.55 Å². The molecule has 0 bridgehead atoms. The lowest BCUT2D eigenvalue weighted by atomic mass is 9.98. The van der Waals surface area contributed by atoms with E-state index in [0.717, 1.165) is 44.2 Å². The summed E-state index contributed by atoms with van der Waals surface area (Å²) in [6, 6.07) is 33.9. The second-order valence-corrected chi connectivity index (χ2v) is 8.94. The summed E-state index contributed by atoms with van der Waals surface area (Å²) < 4.78 is 12.1. The highest BCUT2D eigenvalue weighted by Gasteiger charge is 2.14. The Balaban J connectivity index is 1.46. The van der Waals surface area contributed by atoms with Gasteiger partial charge in [0, 0.05) is 39.7 Å². The number of hydrogen-bond donors (Lipinski definition) is 0. The highest BCUT2D eigenvalue weighted by atomic mass is 35.5. The van der Waals surface area contributed by atoms with Crippen LogP contribution in [-0.2, 0) is 0 Å². The third kappa shape index (κ3) is 4.88. The smallest absolute Gasteiger partial charge is 0.239 e. The van der Waals surface area contributed by atoms with Gasteiger partial charge in [-0.25, -0.2) is 0 Å². The van der Waals surface area contributed by atoms with E-state index in [4.69, 9.17) is 20.4 Å². The molecule has 6 aromatic rings. The summed E-state index contributed by atoms with van der Waals surface area (Å²) in [5.74, 6) is 0. The molecule has 0 atom stereocenters. The average molecular weight is 501 g/mol. The zero-order chi connectivity index (χ0) is 25.0. The van der Waals surface area contributed by atoms with E-state index in [1.54, 1.807) is 12.5 Å². The van der Waals surface area contributed by atoms with Crippen LogP contribution >= 0.6 is 11.6 Å².